The Hall–Kier alpha value is -2.29. The van der Waals surface area contributed by atoms with Gasteiger partial charge in [0.25, 0.3) is 0 Å². The monoisotopic (exact) mass is 421 g/mol. The van der Waals surface area contributed by atoms with Gasteiger partial charge in [0.05, 0.1) is 33.8 Å². The van der Waals surface area contributed by atoms with Crippen LogP contribution >= 0.6 is 0 Å². The summed E-state index contributed by atoms with van der Waals surface area (Å²) in [5, 5.41) is 12.0. The third kappa shape index (κ3) is 4.19. The fraction of sp³-hybridized carbons (Fsp3) is 0.381. The van der Waals surface area contributed by atoms with Crippen molar-refractivity contribution in [2.45, 2.75) is 48.2 Å². The number of hydrogen-bond acceptors (Lipinski definition) is 6. The Bertz CT molecular complexity index is 1020. The van der Waals surface area contributed by atoms with Crippen molar-refractivity contribution in [1.29, 1.82) is 0 Å². The van der Waals surface area contributed by atoms with Crippen LogP contribution in [0.15, 0.2) is 57.4 Å². The molecule has 1 heterocycles. The van der Waals surface area contributed by atoms with Crippen LogP contribution in [-0.2, 0) is 24.9 Å². The van der Waals surface area contributed by atoms with Gasteiger partial charge in [-0.15, -0.1) is 0 Å². The molecule has 0 aromatic heterocycles. The van der Waals surface area contributed by atoms with Gasteiger partial charge in [-0.05, 0) is 55.3 Å². The molecule has 2 atom stereocenters. The Balaban J connectivity index is 2.04. The Morgan fingerprint density at radius 1 is 1.24 bits per heavy atom. The Morgan fingerprint density at radius 3 is 2.52 bits per heavy atom. The number of nitrogens with zero attached hydrogens (tertiary/aromatic N) is 1. The molecule has 1 aliphatic heterocycles. The van der Waals surface area contributed by atoms with Crippen LogP contribution in [0.2, 0.25) is 0 Å². The highest BCUT2D eigenvalue weighted by Crippen LogP contribution is 2.39. The van der Waals surface area contributed by atoms with Crippen molar-refractivity contribution in [2.75, 3.05) is 13.7 Å². The molecule has 0 unspecified atom stereocenters. The minimum absolute atomic E-state index is 0.0235. The summed E-state index contributed by atoms with van der Waals surface area (Å²) in [5.74, 6) is -0.642. The van der Waals surface area contributed by atoms with Crippen LogP contribution in [0.5, 0.6) is 0 Å². The van der Waals surface area contributed by atoms with Crippen molar-refractivity contribution in [1.82, 2.24) is 0 Å². The average molecular weight is 421 g/mol. The normalized spacial score (nSPS) is 23.2. The Morgan fingerprint density at radius 2 is 1.93 bits per heavy atom. The van der Waals surface area contributed by atoms with Crippen LogP contribution in [-0.4, -0.2) is 39.2 Å². The molecule has 1 fully saturated rings. The lowest BCUT2D eigenvalue weighted by molar-refractivity contribution is -0.122. The number of halogens is 1. The molecule has 0 spiro atoms. The van der Waals surface area contributed by atoms with E-state index in [4.69, 9.17) is 14.7 Å². The first kappa shape index (κ1) is 21.4. The summed E-state index contributed by atoms with van der Waals surface area (Å²) in [6.45, 7) is 3.95. The van der Waals surface area contributed by atoms with Gasteiger partial charge < -0.3 is 14.7 Å². The smallest absolute Gasteiger partial charge is 0.206 e. The SMILES string of the molecule is CO[C@]1(c2cc(F)cc(S(=O)(=O)c3ccc(/C(C)=N/O)cc3)c2)CCO[C@@H](C)C1. The van der Waals surface area contributed by atoms with E-state index >= 15 is 0 Å². The van der Waals surface area contributed by atoms with E-state index in [1.54, 1.807) is 26.2 Å². The number of ether oxygens (including phenoxy) is 2. The van der Waals surface area contributed by atoms with Gasteiger partial charge in [-0.3, -0.25) is 0 Å². The van der Waals surface area contributed by atoms with Crippen LogP contribution < -0.4 is 0 Å². The van der Waals surface area contributed by atoms with Gasteiger partial charge in [0.15, 0.2) is 0 Å². The van der Waals surface area contributed by atoms with Crippen molar-refractivity contribution in [3.63, 3.8) is 0 Å². The third-order valence-corrected chi connectivity index (χ3v) is 7.11. The molecule has 0 bridgehead atoms. The average Bonchev–Trinajstić information content (AvgIpc) is 2.72. The van der Waals surface area contributed by atoms with Crippen molar-refractivity contribution in [3.8, 4) is 0 Å². The topological polar surface area (TPSA) is 85.2 Å². The molecule has 29 heavy (non-hydrogen) atoms. The summed E-state index contributed by atoms with van der Waals surface area (Å²) >= 11 is 0. The summed E-state index contributed by atoms with van der Waals surface area (Å²) in [5.41, 5.74) is 0.620. The van der Waals surface area contributed by atoms with Gasteiger partial charge in [0, 0.05) is 20.0 Å². The quantitative estimate of drug-likeness (QED) is 0.450. The highest BCUT2D eigenvalue weighted by atomic mass is 32.2. The maximum absolute atomic E-state index is 14.5. The second kappa shape index (κ2) is 8.22. The summed E-state index contributed by atoms with van der Waals surface area (Å²) in [4.78, 5) is -0.112. The summed E-state index contributed by atoms with van der Waals surface area (Å²) < 4.78 is 52.0. The summed E-state index contributed by atoms with van der Waals surface area (Å²) in [6, 6.07) is 9.72. The van der Waals surface area contributed by atoms with Crippen molar-refractivity contribution >= 4 is 15.5 Å². The van der Waals surface area contributed by atoms with E-state index < -0.39 is 21.3 Å². The van der Waals surface area contributed by atoms with Gasteiger partial charge >= 0.3 is 0 Å². The van der Waals surface area contributed by atoms with E-state index in [1.165, 1.54) is 24.3 Å². The van der Waals surface area contributed by atoms with E-state index in [0.29, 0.717) is 36.3 Å². The molecule has 0 aliphatic carbocycles. The van der Waals surface area contributed by atoms with Gasteiger partial charge in [0.1, 0.15) is 5.82 Å². The van der Waals surface area contributed by atoms with Crippen LogP contribution in [0.3, 0.4) is 0 Å². The highest BCUT2D eigenvalue weighted by Gasteiger charge is 2.38. The Labute approximate surface area is 169 Å². The molecule has 0 amide bonds. The van der Waals surface area contributed by atoms with Crippen molar-refractivity contribution in [2.24, 2.45) is 5.16 Å². The zero-order valence-electron chi connectivity index (χ0n) is 16.6. The molecular formula is C21H24FNO5S. The number of methoxy groups -OCH3 is 1. The zero-order valence-corrected chi connectivity index (χ0v) is 17.4. The number of oxime groups is 1. The van der Waals surface area contributed by atoms with E-state index in [1.807, 2.05) is 6.92 Å². The predicted molar refractivity (Wildman–Crippen MR) is 106 cm³/mol. The summed E-state index contributed by atoms with van der Waals surface area (Å²) in [7, 11) is -2.41. The first-order valence-electron chi connectivity index (χ1n) is 9.24. The number of sulfone groups is 1. The lowest BCUT2D eigenvalue weighted by Crippen LogP contribution is -2.39. The van der Waals surface area contributed by atoms with Crippen LogP contribution in [0.4, 0.5) is 4.39 Å². The second-order valence-electron chi connectivity index (χ2n) is 7.22. The van der Waals surface area contributed by atoms with E-state index in [0.717, 1.165) is 6.07 Å². The van der Waals surface area contributed by atoms with E-state index in [-0.39, 0.29) is 15.9 Å². The largest absolute Gasteiger partial charge is 0.411 e. The molecule has 6 nitrogen and oxygen atoms in total. The molecule has 2 aromatic rings. The van der Waals surface area contributed by atoms with Crippen molar-refractivity contribution in [3.05, 3.63) is 59.4 Å². The molecular weight excluding hydrogens is 397 g/mol. The fourth-order valence-electron chi connectivity index (χ4n) is 3.67. The lowest BCUT2D eigenvalue weighted by atomic mass is 9.83. The van der Waals surface area contributed by atoms with Gasteiger partial charge in [-0.25, -0.2) is 12.8 Å². The van der Waals surface area contributed by atoms with Gasteiger partial charge in [-0.2, -0.15) is 0 Å². The van der Waals surface area contributed by atoms with Crippen molar-refractivity contribution < 1.29 is 27.5 Å². The minimum atomic E-state index is -3.95. The third-order valence-electron chi connectivity index (χ3n) is 5.36. The van der Waals surface area contributed by atoms with E-state index in [2.05, 4.69) is 5.16 Å². The molecule has 8 heteroatoms. The zero-order chi connectivity index (χ0) is 21.2. The van der Waals surface area contributed by atoms with E-state index in [9.17, 15) is 12.8 Å². The van der Waals surface area contributed by atoms with Gasteiger partial charge in [-0.1, -0.05) is 17.3 Å². The van der Waals surface area contributed by atoms with Crippen LogP contribution in [0, 0.1) is 5.82 Å². The molecule has 0 saturated carbocycles. The first-order valence-corrected chi connectivity index (χ1v) is 10.7. The summed E-state index contributed by atoms with van der Waals surface area (Å²) in [6.07, 6.45) is 0.919. The first-order chi connectivity index (χ1) is 13.7. The Kier molecular flexibility index (Phi) is 6.07. The lowest BCUT2D eigenvalue weighted by Gasteiger charge is -2.39. The fourth-order valence-corrected chi connectivity index (χ4v) is 4.98. The molecule has 0 radical (unpaired) electrons. The minimum Gasteiger partial charge on any atom is -0.411 e. The molecule has 3 rings (SSSR count). The van der Waals surface area contributed by atoms with Gasteiger partial charge in [0.2, 0.25) is 9.84 Å². The maximum Gasteiger partial charge on any atom is 0.206 e. The molecule has 1 aliphatic rings. The maximum atomic E-state index is 14.5. The molecule has 2 aromatic carbocycles. The standard InChI is InChI=1S/C21H24FNO5S/c1-14-13-21(27-3,8-9-28-14)17-10-18(22)12-20(11-17)29(25,26)19-6-4-16(5-7-19)15(2)23-24/h4-7,10-12,14,24H,8-9,13H2,1-3H3/b23-15+/t14-,21+/m0/s1. The van der Waals surface area contributed by atoms with Crippen LogP contribution in [0.1, 0.15) is 37.8 Å². The number of benzene rings is 2. The predicted octanol–water partition coefficient (Wildman–Crippen LogP) is 3.90. The van der Waals surface area contributed by atoms with Crippen LogP contribution in [0.25, 0.3) is 0 Å². The second-order valence-corrected chi connectivity index (χ2v) is 9.17. The molecule has 1 N–H and O–H groups in total. The molecule has 1 saturated heterocycles. The number of hydrogen-bond donors (Lipinski definition) is 1. The molecule has 156 valence electrons. The highest BCUT2D eigenvalue weighted by molar-refractivity contribution is 7.91. The number of rotatable bonds is 5.